The first-order valence-electron chi connectivity index (χ1n) is 4.50. The van der Waals surface area contributed by atoms with Crippen LogP contribution < -0.4 is 0 Å². The number of aryl methyl sites for hydroxylation is 1. The van der Waals surface area contributed by atoms with Crippen molar-refractivity contribution in [2.45, 2.75) is 13.1 Å². The summed E-state index contributed by atoms with van der Waals surface area (Å²) < 4.78 is 37.8. The molecule has 0 fully saturated rings. The third-order valence-electron chi connectivity index (χ3n) is 2.30. The number of aromatic carboxylic acids is 1. The van der Waals surface area contributed by atoms with E-state index in [0.29, 0.717) is 11.3 Å². The Labute approximate surface area is 97.5 Å². The number of pyridine rings is 1. The fourth-order valence-corrected chi connectivity index (χ4v) is 2.48. The third-order valence-corrected chi connectivity index (χ3v) is 3.56. The van der Waals surface area contributed by atoms with Crippen LogP contribution in [0.15, 0.2) is 12.3 Å². The number of carbonyl (C=O) groups is 1. The SMILES string of the molecule is Cc1c(C(F)(F)F)sc2ncc(C(=O)O)cc12. The summed E-state index contributed by atoms with van der Waals surface area (Å²) >= 11 is 0.522. The van der Waals surface area contributed by atoms with E-state index in [1.165, 1.54) is 13.0 Å². The second-order valence-corrected chi connectivity index (χ2v) is 4.43. The van der Waals surface area contributed by atoms with Gasteiger partial charge < -0.3 is 5.11 Å². The Bertz CT molecular complexity index is 603. The molecule has 3 nitrogen and oxygen atoms in total. The molecule has 2 aromatic rings. The number of thiophene rings is 1. The van der Waals surface area contributed by atoms with E-state index < -0.39 is 17.0 Å². The molecule has 0 aliphatic carbocycles. The molecule has 0 bridgehead atoms. The average molecular weight is 261 g/mol. The fourth-order valence-electron chi connectivity index (χ4n) is 1.49. The summed E-state index contributed by atoms with van der Waals surface area (Å²) in [5.41, 5.74) is -0.0970. The monoisotopic (exact) mass is 261 g/mol. The zero-order valence-corrected chi connectivity index (χ0v) is 9.32. The third kappa shape index (κ3) is 1.97. The molecule has 2 aromatic heterocycles. The van der Waals surface area contributed by atoms with E-state index >= 15 is 0 Å². The Balaban J connectivity index is 2.71. The number of nitrogens with zero attached hydrogens (tertiary/aromatic N) is 1. The topological polar surface area (TPSA) is 50.2 Å². The molecule has 2 rings (SSSR count). The molecule has 0 saturated heterocycles. The summed E-state index contributed by atoms with van der Waals surface area (Å²) in [7, 11) is 0. The number of hydrogen-bond donors (Lipinski definition) is 1. The molecule has 0 atom stereocenters. The standard InChI is InChI=1S/C10H6F3NO2S/c1-4-6-2-5(9(15)16)3-14-8(6)17-7(4)10(11,12)13/h2-3H,1H3,(H,15,16). The second-order valence-electron chi connectivity index (χ2n) is 3.44. The second kappa shape index (κ2) is 3.69. The van der Waals surface area contributed by atoms with E-state index in [4.69, 9.17) is 5.11 Å². The lowest BCUT2D eigenvalue weighted by atomic mass is 10.1. The van der Waals surface area contributed by atoms with Crippen molar-refractivity contribution in [2.24, 2.45) is 0 Å². The van der Waals surface area contributed by atoms with Crippen molar-refractivity contribution >= 4 is 27.5 Å². The lowest BCUT2D eigenvalue weighted by Gasteiger charge is -2.03. The first kappa shape index (κ1) is 11.8. The molecule has 0 saturated carbocycles. The molecular formula is C10H6F3NO2S. The summed E-state index contributed by atoms with van der Waals surface area (Å²) in [5.74, 6) is -1.21. The highest BCUT2D eigenvalue weighted by Crippen LogP contribution is 2.40. The summed E-state index contributed by atoms with van der Waals surface area (Å²) in [5, 5.41) is 8.98. The molecule has 7 heteroatoms. The van der Waals surface area contributed by atoms with Gasteiger partial charge in [-0.15, -0.1) is 11.3 Å². The maximum absolute atomic E-state index is 12.6. The van der Waals surface area contributed by atoms with Gasteiger partial charge in [-0.25, -0.2) is 9.78 Å². The summed E-state index contributed by atoms with van der Waals surface area (Å²) in [6.07, 6.45) is -3.38. The van der Waals surface area contributed by atoms with E-state index in [0.717, 1.165) is 6.20 Å². The summed E-state index contributed by atoms with van der Waals surface area (Å²) in [4.78, 5) is 13.9. The minimum Gasteiger partial charge on any atom is -0.478 e. The smallest absolute Gasteiger partial charge is 0.425 e. The van der Waals surface area contributed by atoms with Crippen LogP contribution in [0.2, 0.25) is 0 Å². The number of fused-ring (bicyclic) bond motifs is 1. The molecule has 90 valence electrons. The number of rotatable bonds is 1. The van der Waals surface area contributed by atoms with E-state index in [1.807, 2.05) is 0 Å². The van der Waals surface area contributed by atoms with Gasteiger partial charge in [-0.1, -0.05) is 0 Å². The van der Waals surface area contributed by atoms with Crippen molar-refractivity contribution in [2.75, 3.05) is 0 Å². The minimum absolute atomic E-state index is 0.0214. The Morgan fingerprint density at radius 2 is 2.12 bits per heavy atom. The lowest BCUT2D eigenvalue weighted by Crippen LogP contribution is -2.03. The Morgan fingerprint density at radius 3 is 2.65 bits per heavy atom. The normalized spacial score (nSPS) is 12.0. The van der Waals surface area contributed by atoms with Crippen molar-refractivity contribution in [3.63, 3.8) is 0 Å². The highest BCUT2D eigenvalue weighted by molar-refractivity contribution is 7.19. The van der Waals surface area contributed by atoms with Gasteiger partial charge in [0.05, 0.1) is 5.56 Å². The fraction of sp³-hybridized carbons (Fsp3) is 0.200. The van der Waals surface area contributed by atoms with Gasteiger partial charge in [-0.05, 0) is 18.6 Å². The first-order valence-corrected chi connectivity index (χ1v) is 5.32. The van der Waals surface area contributed by atoms with Crippen LogP contribution in [0.1, 0.15) is 20.8 Å². The van der Waals surface area contributed by atoms with E-state index in [1.54, 1.807) is 0 Å². The molecule has 0 aliphatic heterocycles. The van der Waals surface area contributed by atoms with Crippen LogP contribution in [0.4, 0.5) is 13.2 Å². The maximum atomic E-state index is 12.6. The van der Waals surface area contributed by atoms with Gasteiger partial charge in [0, 0.05) is 11.6 Å². The zero-order valence-electron chi connectivity index (χ0n) is 8.50. The highest BCUT2D eigenvalue weighted by Gasteiger charge is 2.35. The minimum atomic E-state index is -4.43. The summed E-state index contributed by atoms with van der Waals surface area (Å²) in [6, 6.07) is 1.21. The number of aromatic nitrogens is 1. The Kier molecular flexibility index (Phi) is 2.57. The number of hydrogen-bond acceptors (Lipinski definition) is 3. The highest BCUT2D eigenvalue weighted by atomic mass is 32.1. The van der Waals surface area contributed by atoms with Crippen LogP contribution in [-0.4, -0.2) is 16.1 Å². The molecule has 0 aliphatic rings. The van der Waals surface area contributed by atoms with Gasteiger partial charge >= 0.3 is 12.1 Å². The number of carboxylic acid groups (broad SMARTS) is 1. The van der Waals surface area contributed by atoms with Gasteiger partial charge in [0.15, 0.2) is 0 Å². The van der Waals surface area contributed by atoms with Crippen LogP contribution in [0, 0.1) is 6.92 Å². The van der Waals surface area contributed by atoms with Gasteiger partial charge in [-0.2, -0.15) is 13.2 Å². The number of halogens is 3. The quantitative estimate of drug-likeness (QED) is 0.856. The van der Waals surface area contributed by atoms with Gasteiger partial charge in [0.25, 0.3) is 0 Å². The van der Waals surface area contributed by atoms with Crippen LogP contribution >= 0.6 is 11.3 Å². The van der Waals surface area contributed by atoms with E-state index in [9.17, 15) is 18.0 Å². The molecule has 0 aromatic carbocycles. The van der Waals surface area contributed by atoms with Crippen LogP contribution in [0.5, 0.6) is 0 Å². The van der Waals surface area contributed by atoms with Crippen molar-refractivity contribution in [1.29, 1.82) is 0 Å². The molecule has 17 heavy (non-hydrogen) atoms. The molecule has 2 heterocycles. The zero-order chi connectivity index (χ0) is 12.8. The van der Waals surface area contributed by atoms with Crippen LogP contribution in [0.3, 0.4) is 0 Å². The van der Waals surface area contributed by atoms with Crippen LogP contribution in [0.25, 0.3) is 10.2 Å². The molecule has 0 unspecified atom stereocenters. The van der Waals surface area contributed by atoms with Crippen molar-refractivity contribution in [3.8, 4) is 0 Å². The molecule has 0 spiro atoms. The van der Waals surface area contributed by atoms with Gasteiger partial charge in [0.2, 0.25) is 0 Å². The molecular weight excluding hydrogens is 255 g/mol. The number of carboxylic acids is 1. The van der Waals surface area contributed by atoms with Crippen molar-refractivity contribution in [1.82, 2.24) is 4.98 Å². The van der Waals surface area contributed by atoms with Gasteiger partial charge in [-0.3, -0.25) is 0 Å². The first-order chi connectivity index (χ1) is 7.80. The molecule has 0 radical (unpaired) electrons. The molecule has 1 N–H and O–H groups in total. The maximum Gasteiger partial charge on any atom is 0.425 e. The number of alkyl halides is 3. The lowest BCUT2D eigenvalue weighted by molar-refractivity contribution is -0.134. The van der Waals surface area contributed by atoms with Crippen molar-refractivity contribution < 1.29 is 23.1 Å². The Morgan fingerprint density at radius 1 is 1.47 bits per heavy atom. The largest absolute Gasteiger partial charge is 0.478 e. The average Bonchev–Trinajstić information content (AvgIpc) is 2.55. The van der Waals surface area contributed by atoms with Gasteiger partial charge in [0.1, 0.15) is 9.71 Å². The van der Waals surface area contributed by atoms with E-state index in [-0.39, 0.29) is 21.3 Å². The predicted octanol–water partition coefficient (Wildman–Crippen LogP) is 3.32. The Hall–Kier alpha value is -1.63. The van der Waals surface area contributed by atoms with E-state index in [2.05, 4.69) is 4.98 Å². The summed E-state index contributed by atoms with van der Waals surface area (Å²) in [6.45, 7) is 1.31. The molecule has 0 amide bonds. The van der Waals surface area contributed by atoms with Crippen LogP contribution in [-0.2, 0) is 6.18 Å². The van der Waals surface area contributed by atoms with Crippen molar-refractivity contribution in [3.05, 3.63) is 28.3 Å². The predicted molar refractivity (Wildman–Crippen MR) is 56.3 cm³/mol.